The number of piperidine rings is 1. The van der Waals surface area contributed by atoms with Crippen molar-refractivity contribution >= 4 is 12.0 Å². The quantitative estimate of drug-likeness (QED) is 0.796. The van der Waals surface area contributed by atoms with Gasteiger partial charge in [0.15, 0.2) is 5.69 Å². The molecule has 1 aliphatic heterocycles. The van der Waals surface area contributed by atoms with Crippen molar-refractivity contribution in [1.82, 2.24) is 25.2 Å². The average Bonchev–Trinajstić information content (AvgIpc) is 3.19. The minimum absolute atomic E-state index is 0.0897. The van der Waals surface area contributed by atoms with Gasteiger partial charge in [0, 0.05) is 25.7 Å². The fraction of sp³-hybridized carbons (Fsp3) is 0.476. The molecule has 0 unspecified atom stereocenters. The monoisotopic (exact) mass is 383 g/mol. The number of likely N-dealkylation sites (tertiary alicyclic amines) is 1. The number of rotatable bonds is 7. The molecule has 28 heavy (non-hydrogen) atoms. The second-order valence-electron chi connectivity index (χ2n) is 7.42. The van der Waals surface area contributed by atoms with Crippen molar-refractivity contribution in [1.29, 1.82) is 0 Å². The topological polar surface area (TPSA) is 72.3 Å². The van der Waals surface area contributed by atoms with E-state index >= 15 is 0 Å². The number of amides is 1. The summed E-state index contributed by atoms with van der Waals surface area (Å²) in [5.41, 5.74) is 1.56. The molecular formula is C21H29N5O2. The number of ether oxygens (including phenoxy) is 1. The van der Waals surface area contributed by atoms with Crippen LogP contribution in [0.3, 0.4) is 0 Å². The molecule has 7 heteroatoms. The van der Waals surface area contributed by atoms with Crippen molar-refractivity contribution in [2.24, 2.45) is 0 Å². The third-order valence-corrected chi connectivity index (χ3v) is 4.88. The second kappa shape index (κ2) is 9.50. The molecule has 2 heterocycles. The molecule has 1 fully saturated rings. The summed E-state index contributed by atoms with van der Waals surface area (Å²) in [5, 5.41) is 11.0. The first kappa shape index (κ1) is 20.1. The number of aromatic nitrogens is 3. The van der Waals surface area contributed by atoms with Gasteiger partial charge in [0.1, 0.15) is 5.75 Å². The van der Waals surface area contributed by atoms with Crippen LogP contribution in [0, 0.1) is 0 Å². The third-order valence-electron chi connectivity index (χ3n) is 4.88. The standard InChI is InChI=1S/C21H29N5O2/c1-16(2)22-21(27)20-15-26(24-23-20)18-10-13-25(14-11-18)12-4-5-17-6-8-19(28-3)9-7-17/h4-9,15-16,18H,10-14H2,1-3H3,(H,22,27). The molecule has 1 amide bonds. The Morgan fingerprint density at radius 1 is 1.29 bits per heavy atom. The van der Waals surface area contributed by atoms with Gasteiger partial charge in [0.05, 0.1) is 19.3 Å². The SMILES string of the molecule is COc1ccc(C=CCN2CCC(n3cc(C(=O)NC(C)C)nn3)CC2)cc1. The Bertz CT molecular complexity index is 789. The van der Waals surface area contributed by atoms with Crippen LogP contribution in [0.4, 0.5) is 0 Å². The Kier molecular flexibility index (Phi) is 6.81. The number of nitrogens with one attached hydrogen (secondary N) is 1. The molecule has 2 aromatic rings. The Hall–Kier alpha value is -2.67. The fourth-order valence-electron chi connectivity index (χ4n) is 3.31. The highest BCUT2D eigenvalue weighted by atomic mass is 16.5. The number of methoxy groups -OCH3 is 1. The van der Waals surface area contributed by atoms with E-state index in [2.05, 4.69) is 44.8 Å². The van der Waals surface area contributed by atoms with Gasteiger partial charge in [-0.15, -0.1) is 5.10 Å². The first-order valence-corrected chi connectivity index (χ1v) is 9.81. The molecule has 0 spiro atoms. The molecule has 0 saturated carbocycles. The Balaban J connectivity index is 1.46. The van der Waals surface area contributed by atoms with Crippen molar-refractivity contribution in [3.8, 4) is 5.75 Å². The fourth-order valence-corrected chi connectivity index (χ4v) is 3.31. The highest BCUT2D eigenvalue weighted by Gasteiger charge is 2.22. The number of carbonyl (C=O) groups excluding carboxylic acids is 1. The van der Waals surface area contributed by atoms with E-state index in [1.54, 1.807) is 13.3 Å². The van der Waals surface area contributed by atoms with Crippen LogP contribution in [0.25, 0.3) is 6.08 Å². The summed E-state index contributed by atoms with van der Waals surface area (Å²) in [6, 6.07) is 8.44. The van der Waals surface area contributed by atoms with Gasteiger partial charge in [-0.1, -0.05) is 29.5 Å². The van der Waals surface area contributed by atoms with E-state index in [0.717, 1.165) is 38.2 Å². The predicted octanol–water partition coefficient (Wildman–Crippen LogP) is 2.78. The van der Waals surface area contributed by atoms with Crippen LogP contribution in [-0.2, 0) is 0 Å². The van der Waals surface area contributed by atoms with Crippen molar-refractivity contribution in [2.45, 2.75) is 38.8 Å². The summed E-state index contributed by atoms with van der Waals surface area (Å²) < 4.78 is 7.03. The van der Waals surface area contributed by atoms with E-state index in [1.807, 2.05) is 30.7 Å². The number of nitrogens with zero attached hydrogens (tertiary/aromatic N) is 4. The molecule has 1 N–H and O–H groups in total. The van der Waals surface area contributed by atoms with Crippen molar-refractivity contribution in [3.05, 3.63) is 47.8 Å². The third kappa shape index (κ3) is 5.42. The lowest BCUT2D eigenvalue weighted by molar-refractivity contribution is 0.0938. The van der Waals surface area contributed by atoms with Gasteiger partial charge in [-0.2, -0.15) is 0 Å². The number of hydrogen-bond donors (Lipinski definition) is 1. The van der Waals surface area contributed by atoms with E-state index < -0.39 is 0 Å². The molecule has 7 nitrogen and oxygen atoms in total. The smallest absolute Gasteiger partial charge is 0.273 e. The van der Waals surface area contributed by atoms with Gasteiger partial charge in [0.25, 0.3) is 5.91 Å². The first-order chi connectivity index (χ1) is 13.5. The maximum absolute atomic E-state index is 12.0. The molecular weight excluding hydrogens is 354 g/mol. The average molecular weight is 383 g/mol. The molecule has 1 saturated heterocycles. The zero-order chi connectivity index (χ0) is 19.9. The maximum atomic E-state index is 12.0. The van der Waals surface area contributed by atoms with Gasteiger partial charge < -0.3 is 10.1 Å². The van der Waals surface area contributed by atoms with Gasteiger partial charge in [-0.05, 0) is 44.4 Å². The summed E-state index contributed by atoms with van der Waals surface area (Å²) in [6.45, 7) is 6.80. The van der Waals surface area contributed by atoms with Gasteiger partial charge in [-0.25, -0.2) is 4.68 Å². The normalized spacial score (nSPS) is 16.0. The molecule has 1 aromatic heterocycles. The zero-order valence-corrected chi connectivity index (χ0v) is 16.8. The lowest BCUT2D eigenvalue weighted by Gasteiger charge is -2.30. The van der Waals surface area contributed by atoms with Gasteiger partial charge in [-0.3, -0.25) is 9.69 Å². The van der Waals surface area contributed by atoms with Crippen LogP contribution in [0.5, 0.6) is 5.75 Å². The Morgan fingerprint density at radius 2 is 2.00 bits per heavy atom. The molecule has 0 atom stereocenters. The minimum Gasteiger partial charge on any atom is -0.497 e. The molecule has 0 aliphatic carbocycles. The molecule has 150 valence electrons. The van der Waals surface area contributed by atoms with Crippen LogP contribution in [0.1, 0.15) is 48.8 Å². The van der Waals surface area contributed by atoms with Crippen LogP contribution in [-0.4, -0.2) is 58.6 Å². The minimum atomic E-state index is -0.164. The largest absolute Gasteiger partial charge is 0.497 e. The van der Waals surface area contributed by atoms with Crippen molar-refractivity contribution < 1.29 is 9.53 Å². The van der Waals surface area contributed by atoms with Crippen LogP contribution >= 0.6 is 0 Å². The van der Waals surface area contributed by atoms with E-state index in [-0.39, 0.29) is 11.9 Å². The second-order valence-corrected chi connectivity index (χ2v) is 7.42. The van der Waals surface area contributed by atoms with E-state index in [4.69, 9.17) is 4.74 Å². The maximum Gasteiger partial charge on any atom is 0.273 e. The van der Waals surface area contributed by atoms with Crippen LogP contribution in [0.15, 0.2) is 36.5 Å². The van der Waals surface area contributed by atoms with E-state index in [0.29, 0.717) is 11.7 Å². The number of carbonyl (C=O) groups is 1. The number of benzene rings is 1. The summed E-state index contributed by atoms with van der Waals surface area (Å²) in [6.07, 6.45) is 8.12. The van der Waals surface area contributed by atoms with Gasteiger partial charge >= 0.3 is 0 Å². The summed E-state index contributed by atoms with van der Waals surface area (Å²) in [7, 11) is 1.68. The van der Waals surface area contributed by atoms with E-state index in [1.165, 1.54) is 5.56 Å². The molecule has 0 bridgehead atoms. The first-order valence-electron chi connectivity index (χ1n) is 9.81. The zero-order valence-electron chi connectivity index (χ0n) is 16.8. The Labute approximate surface area is 166 Å². The Morgan fingerprint density at radius 3 is 2.64 bits per heavy atom. The van der Waals surface area contributed by atoms with E-state index in [9.17, 15) is 4.79 Å². The summed E-state index contributed by atoms with van der Waals surface area (Å²) in [4.78, 5) is 14.5. The summed E-state index contributed by atoms with van der Waals surface area (Å²) in [5.74, 6) is 0.708. The number of hydrogen-bond acceptors (Lipinski definition) is 5. The molecule has 3 rings (SSSR count). The lowest BCUT2D eigenvalue weighted by Crippen LogP contribution is -2.35. The molecule has 1 aromatic carbocycles. The molecule has 0 radical (unpaired) electrons. The van der Waals surface area contributed by atoms with Crippen molar-refractivity contribution in [3.63, 3.8) is 0 Å². The predicted molar refractivity (Wildman–Crippen MR) is 109 cm³/mol. The molecule has 1 aliphatic rings. The van der Waals surface area contributed by atoms with Gasteiger partial charge in [0.2, 0.25) is 0 Å². The highest BCUT2D eigenvalue weighted by Crippen LogP contribution is 2.21. The highest BCUT2D eigenvalue weighted by molar-refractivity contribution is 5.91. The van der Waals surface area contributed by atoms with Crippen molar-refractivity contribution in [2.75, 3.05) is 26.7 Å². The van der Waals surface area contributed by atoms with Crippen LogP contribution < -0.4 is 10.1 Å². The summed E-state index contributed by atoms with van der Waals surface area (Å²) >= 11 is 0. The lowest BCUT2D eigenvalue weighted by atomic mass is 10.1. The van der Waals surface area contributed by atoms with Crippen LogP contribution in [0.2, 0.25) is 0 Å².